The standard InChI is InChI=1S/C49H51F5O5S3/c1-44(2,3)27-14-12-26(13-15-27)40-38(28-22-32(57-20-18-55-10)33(25-31(28)59-40)58-21-19-56-11)47-30-24-37(46(7,8)9)62-42(30)41-29(39(47)43(50)48(51,52)49(47,53)54)23-35(61-41)34-16-17-36(60-34)45(4,5)6/h12-17,22-25H,18-21H2,1-11H3/t47-/m0/s1. The van der Waals surface area contributed by atoms with Crippen LogP contribution in [0.2, 0.25) is 0 Å². The van der Waals surface area contributed by atoms with Crippen molar-refractivity contribution in [3.05, 3.63) is 98.5 Å². The largest absolute Gasteiger partial charge is 0.487 e. The van der Waals surface area contributed by atoms with Gasteiger partial charge >= 0.3 is 11.8 Å². The number of ether oxygens (including phenoxy) is 4. The minimum atomic E-state index is -5.21. The van der Waals surface area contributed by atoms with Crippen molar-refractivity contribution in [3.63, 3.8) is 0 Å². The predicted octanol–water partition coefficient (Wildman–Crippen LogP) is 14.8. The molecule has 0 radical (unpaired) electrons. The van der Waals surface area contributed by atoms with Gasteiger partial charge < -0.3 is 23.4 Å². The molecule has 6 aromatic rings. The summed E-state index contributed by atoms with van der Waals surface area (Å²) in [6.07, 6.45) is 0. The van der Waals surface area contributed by atoms with Crippen molar-refractivity contribution in [2.75, 3.05) is 40.6 Å². The fourth-order valence-electron chi connectivity index (χ4n) is 8.34. The maximum atomic E-state index is 18.2. The fraction of sp³-hybridized carbons (Fsp3) is 0.429. The van der Waals surface area contributed by atoms with Gasteiger partial charge in [0.2, 0.25) is 0 Å². The molecule has 0 fully saturated rings. The Morgan fingerprint density at radius 1 is 0.629 bits per heavy atom. The van der Waals surface area contributed by atoms with E-state index in [4.69, 9.17) is 23.4 Å². The molecule has 0 aliphatic heterocycles. The molecule has 62 heavy (non-hydrogen) atoms. The van der Waals surface area contributed by atoms with Crippen LogP contribution in [-0.4, -0.2) is 52.5 Å². The van der Waals surface area contributed by atoms with Crippen molar-refractivity contribution >= 4 is 50.6 Å². The van der Waals surface area contributed by atoms with Crippen molar-refractivity contribution in [1.29, 1.82) is 0 Å². The molecule has 0 amide bonds. The van der Waals surface area contributed by atoms with E-state index >= 15 is 22.0 Å². The molecule has 13 heteroatoms. The van der Waals surface area contributed by atoms with Crippen molar-refractivity contribution in [1.82, 2.24) is 0 Å². The van der Waals surface area contributed by atoms with Crippen LogP contribution >= 0.6 is 34.0 Å². The molecule has 2 aliphatic rings. The molecular formula is C49H51F5O5S3. The third-order valence-corrected chi connectivity index (χ3v) is 16.2. The van der Waals surface area contributed by atoms with E-state index in [2.05, 4.69) is 20.8 Å². The van der Waals surface area contributed by atoms with E-state index in [1.54, 1.807) is 35.6 Å². The molecule has 1 atom stereocenters. The van der Waals surface area contributed by atoms with Gasteiger partial charge in [-0.1, -0.05) is 86.6 Å². The minimum absolute atomic E-state index is 0.0133. The quantitative estimate of drug-likeness (QED) is 0.0957. The third kappa shape index (κ3) is 6.87. The number of fused-ring (bicyclic) bond motifs is 7. The van der Waals surface area contributed by atoms with Crippen LogP contribution in [0.3, 0.4) is 0 Å². The summed E-state index contributed by atoms with van der Waals surface area (Å²) in [5, 5.41) is 0.0514. The summed E-state index contributed by atoms with van der Waals surface area (Å²) in [7, 11) is 3.04. The first-order valence-electron chi connectivity index (χ1n) is 20.5. The number of methoxy groups -OCH3 is 2. The summed E-state index contributed by atoms with van der Waals surface area (Å²) >= 11 is 4.13. The average Bonchev–Trinajstić information content (AvgIpc) is 4.02. The normalized spacial score (nSPS) is 18.3. The lowest BCUT2D eigenvalue weighted by atomic mass is 9.62. The molecule has 4 heterocycles. The van der Waals surface area contributed by atoms with Gasteiger partial charge in [-0.3, -0.25) is 0 Å². The Labute approximate surface area is 371 Å². The minimum Gasteiger partial charge on any atom is -0.487 e. The summed E-state index contributed by atoms with van der Waals surface area (Å²) < 4.78 is 117. The highest BCUT2D eigenvalue weighted by Crippen LogP contribution is 2.74. The second-order valence-corrected chi connectivity index (χ2v) is 22.3. The van der Waals surface area contributed by atoms with E-state index in [0.717, 1.165) is 15.3 Å². The van der Waals surface area contributed by atoms with E-state index in [0.29, 0.717) is 25.1 Å². The van der Waals surface area contributed by atoms with Gasteiger partial charge in [-0.25, -0.2) is 4.39 Å². The lowest BCUT2D eigenvalue weighted by Gasteiger charge is -2.41. The SMILES string of the molecule is COCCOc1cc2oc(-c3ccc(C(C)(C)C)cc3)c([C@@]34C(=C(F)C(F)(F)C3(F)F)c3cc(-c5ccc(C(C)(C)C)s5)sc3-c3sc(C(C)(C)C)cc34)c2cc1OCCOC. The van der Waals surface area contributed by atoms with Crippen LogP contribution in [-0.2, 0) is 31.1 Å². The zero-order valence-corrected chi connectivity index (χ0v) is 39.2. The molecule has 0 saturated carbocycles. The molecule has 0 unspecified atom stereocenters. The molecule has 0 saturated heterocycles. The monoisotopic (exact) mass is 910 g/mol. The number of halogens is 5. The molecule has 0 N–H and O–H groups in total. The van der Waals surface area contributed by atoms with Gasteiger partial charge in [0.05, 0.1) is 18.1 Å². The highest BCUT2D eigenvalue weighted by molar-refractivity contribution is 7.27. The molecule has 8 rings (SSSR count). The van der Waals surface area contributed by atoms with E-state index in [1.807, 2.05) is 65.8 Å². The number of alkyl halides is 4. The summed E-state index contributed by atoms with van der Waals surface area (Å²) in [6.45, 7) is 18.8. The number of furan rings is 1. The molecule has 5 nitrogen and oxygen atoms in total. The molecular weight excluding hydrogens is 860 g/mol. The Morgan fingerprint density at radius 2 is 1.24 bits per heavy atom. The van der Waals surface area contributed by atoms with Gasteiger partial charge in [0, 0.05) is 72.3 Å². The van der Waals surface area contributed by atoms with Gasteiger partial charge in [-0.15, -0.1) is 34.0 Å². The smallest absolute Gasteiger partial charge is 0.362 e. The van der Waals surface area contributed by atoms with Crippen LogP contribution in [0.4, 0.5) is 22.0 Å². The molecule has 330 valence electrons. The maximum absolute atomic E-state index is 18.2. The predicted molar refractivity (Wildman–Crippen MR) is 242 cm³/mol. The van der Waals surface area contributed by atoms with E-state index in [9.17, 15) is 0 Å². The van der Waals surface area contributed by atoms with E-state index in [1.165, 1.54) is 49.0 Å². The number of benzene rings is 2. The number of hydrogen-bond donors (Lipinski definition) is 0. The fourth-order valence-corrected chi connectivity index (χ4v) is 12.1. The van der Waals surface area contributed by atoms with Crippen molar-refractivity contribution in [2.45, 2.75) is 95.8 Å². The highest BCUT2D eigenvalue weighted by atomic mass is 32.1. The van der Waals surface area contributed by atoms with Gasteiger partial charge in [-0.2, -0.15) is 17.6 Å². The maximum Gasteiger partial charge on any atom is 0.362 e. The molecule has 0 bridgehead atoms. The molecule has 0 spiro atoms. The Bertz CT molecular complexity index is 2700. The van der Waals surface area contributed by atoms with Crippen LogP contribution in [0.25, 0.3) is 47.4 Å². The summed E-state index contributed by atoms with van der Waals surface area (Å²) in [5.74, 6) is -12.2. The third-order valence-electron chi connectivity index (χ3n) is 11.6. The van der Waals surface area contributed by atoms with Crippen LogP contribution < -0.4 is 9.47 Å². The number of thiophene rings is 3. The molecule has 2 aromatic carbocycles. The van der Waals surface area contributed by atoms with E-state index < -0.39 is 34.1 Å². The number of rotatable bonds is 11. The van der Waals surface area contributed by atoms with Crippen molar-refractivity contribution in [2.24, 2.45) is 0 Å². The molecule has 4 aromatic heterocycles. The zero-order chi connectivity index (χ0) is 44.9. The Hall–Kier alpha value is -4.01. The zero-order valence-electron chi connectivity index (χ0n) is 36.8. The van der Waals surface area contributed by atoms with Crippen LogP contribution in [0.1, 0.15) is 94.3 Å². The Morgan fingerprint density at radius 3 is 1.81 bits per heavy atom. The average molecular weight is 911 g/mol. The summed E-state index contributed by atoms with van der Waals surface area (Å²) in [6, 6.07) is 17.4. The van der Waals surface area contributed by atoms with Crippen LogP contribution in [0.15, 0.2) is 70.9 Å². The second kappa shape index (κ2) is 15.3. The van der Waals surface area contributed by atoms with Crippen molar-refractivity contribution in [3.8, 4) is 42.3 Å². The van der Waals surface area contributed by atoms with Gasteiger partial charge in [0.15, 0.2) is 17.3 Å². The van der Waals surface area contributed by atoms with Gasteiger partial charge in [0.25, 0.3) is 0 Å². The van der Waals surface area contributed by atoms with Crippen molar-refractivity contribution < 1.29 is 45.3 Å². The second-order valence-electron chi connectivity index (χ2n) is 19.1. The lowest BCUT2D eigenvalue weighted by Crippen LogP contribution is -2.53. The molecule has 2 aliphatic carbocycles. The van der Waals surface area contributed by atoms with Crippen LogP contribution in [0.5, 0.6) is 11.5 Å². The Kier molecular flexibility index (Phi) is 11.0. The summed E-state index contributed by atoms with van der Waals surface area (Å²) in [4.78, 5) is 4.13. The number of allylic oxidation sites excluding steroid dienone is 2. The van der Waals surface area contributed by atoms with Gasteiger partial charge in [-0.05, 0) is 57.7 Å². The first kappa shape index (κ1) is 44.6. The first-order valence-corrected chi connectivity index (χ1v) is 22.9. The Balaban J connectivity index is 1.52. The highest BCUT2D eigenvalue weighted by Gasteiger charge is 2.81. The van der Waals surface area contributed by atoms with Gasteiger partial charge in [0.1, 0.15) is 30.0 Å². The number of hydrogen-bond acceptors (Lipinski definition) is 8. The van der Waals surface area contributed by atoms with Crippen LogP contribution in [0, 0.1) is 0 Å². The summed E-state index contributed by atoms with van der Waals surface area (Å²) in [5.41, 5.74) is -3.87. The lowest BCUT2D eigenvalue weighted by molar-refractivity contribution is -0.202. The topological polar surface area (TPSA) is 50.1 Å². The van der Waals surface area contributed by atoms with E-state index in [-0.39, 0.29) is 82.2 Å². The first-order chi connectivity index (χ1) is 29.0.